The fourth-order valence-electron chi connectivity index (χ4n) is 1.98. The van der Waals surface area contributed by atoms with Crippen LogP contribution in [-0.2, 0) is 4.79 Å². The van der Waals surface area contributed by atoms with E-state index in [0.29, 0.717) is 17.6 Å². The summed E-state index contributed by atoms with van der Waals surface area (Å²) in [6.07, 6.45) is 3.67. The predicted molar refractivity (Wildman–Crippen MR) is 65.7 cm³/mol. The number of hydrogen-bond acceptors (Lipinski definition) is 5. The zero-order chi connectivity index (χ0) is 13.1. The van der Waals surface area contributed by atoms with E-state index in [1.807, 2.05) is 6.92 Å². The van der Waals surface area contributed by atoms with E-state index in [1.54, 1.807) is 7.11 Å². The molecular formula is C12H17N3O3. The van der Waals surface area contributed by atoms with Gasteiger partial charge in [-0.15, -0.1) is 0 Å². The Labute approximate surface area is 105 Å². The van der Waals surface area contributed by atoms with Crippen molar-refractivity contribution in [1.82, 2.24) is 9.97 Å². The molecule has 0 spiro atoms. The van der Waals surface area contributed by atoms with Crippen LogP contribution in [0.2, 0.25) is 0 Å². The average Bonchev–Trinajstić information content (AvgIpc) is 3.14. The van der Waals surface area contributed by atoms with E-state index in [2.05, 4.69) is 15.3 Å². The van der Waals surface area contributed by atoms with Crippen molar-refractivity contribution in [1.29, 1.82) is 0 Å². The molecule has 1 aliphatic carbocycles. The largest absolute Gasteiger partial charge is 0.481 e. The number of aromatic nitrogens is 2. The Morgan fingerprint density at radius 1 is 1.61 bits per heavy atom. The van der Waals surface area contributed by atoms with E-state index in [-0.39, 0.29) is 12.5 Å². The second kappa shape index (κ2) is 5.20. The number of rotatable bonds is 6. The molecule has 1 fully saturated rings. The number of hydrogen-bond donors (Lipinski definition) is 2. The summed E-state index contributed by atoms with van der Waals surface area (Å²) in [6, 6.07) is -0.0687. The Bertz CT molecular complexity index is 446. The molecule has 0 aromatic carbocycles. The number of ether oxygens (including phenoxy) is 1. The third-order valence-corrected chi connectivity index (χ3v) is 3.14. The second-order valence-electron chi connectivity index (χ2n) is 4.54. The highest BCUT2D eigenvalue weighted by atomic mass is 16.5. The zero-order valence-electron chi connectivity index (χ0n) is 10.5. The van der Waals surface area contributed by atoms with Crippen LogP contribution in [0.3, 0.4) is 0 Å². The highest BCUT2D eigenvalue weighted by Gasteiger charge is 2.33. The molecule has 1 saturated carbocycles. The van der Waals surface area contributed by atoms with Crippen LogP contribution in [0.1, 0.15) is 24.8 Å². The third-order valence-electron chi connectivity index (χ3n) is 3.14. The number of nitrogens with one attached hydrogen (secondary N) is 1. The fraction of sp³-hybridized carbons (Fsp3) is 0.583. The van der Waals surface area contributed by atoms with Gasteiger partial charge in [0, 0.05) is 6.04 Å². The first-order chi connectivity index (χ1) is 8.61. The second-order valence-corrected chi connectivity index (χ2v) is 4.54. The Kier molecular flexibility index (Phi) is 3.64. The lowest BCUT2D eigenvalue weighted by Crippen LogP contribution is -2.26. The normalized spacial score (nSPS) is 16.1. The van der Waals surface area contributed by atoms with Gasteiger partial charge in [-0.3, -0.25) is 4.79 Å². The maximum absolute atomic E-state index is 10.8. The molecule has 0 radical (unpaired) electrons. The van der Waals surface area contributed by atoms with Gasteiger partial charge in [0.05, 0.1) is 19.1 Å². The minimum Gasteiger partial charge on any atom is -0.481 e. The Morgan fingerprint density at radius 3 is 2.89 bits per heavy atom. The molecule has 0 bridgehead atoms. The summed E-state index contributed by atoms with van der Waals surface area (Å²) < 4.78 is 5.12. The number of carboxylic acid groups (broad SMARTS) is 1. The van der Waals surface area contributed by atoms with Crippen LogP contribution in [0.4, 0.5) is 5.82 Å². The first-order valence-electron chi connectivity index (χ1n) is 5.95. The highest BCUT2D eigenvalue weighted by Crippen LogP contribution is 2.36. The van der Waals surface area contributed by atoms with Gasteiger partial charge in [-0.2, -0.15) is 0 Å². The van der Waals surface area contributed by atoms with Crippen LogP contribution >= 0.6 is 0 Å². The van der Waals surface area contributed by atoms with Gasteiger partial charge in [-0.25, -0.2) is 9.97 Å². The molecule has 6 nitrogen and oxygen atoms in total. The van der Waals surface area contributed by atoms with Gasteiger partial charge < -0.3 is 15.2 Å². The van der Waals surface area contributed by atoms with Gasteiger partial charge >= 0.3 is 5.97 Å². The van der Waals surface area contributed by atoms with Crippen LogP contribution in [0.25, 0.3) is 0 Å². The molecule has 0 aliphatic heterocycles. The molecule has 6 heteroatoms. The number of aliphatic carboxylic acids is 1. The molecule has 18 heavy (non-hydrogen) atoms. The van der Waals surface area contributed by atoms with Crippen molar-refractivity contribution >= 4 is 11.8 Å². The molecular weight excluding hydrogens is 234 g/mol. The molecule has 1 unspecified atom stereocenters. The van der Waals surface area contributed by atoms with E-state index < -0.39 is 5.97 Å². The first kappa shape index (κ1) is 12.6. The summed E-state index contributed by atoms with van der Waals surface area (Å²) in [6.45, 7) is 1.85. The van der Waals surface area contributed by atoms with Crippen molar-refractivity contribution in [3.63, 3.8) is 0 Å². The molecule has 0 saturated heterocycles. The fourth-order valence-corrected chi connectivity index (χ4v) is 1.98. The summed E-state index contributed by atoms with van der Waals surface area (Å²) in [7, 11) is 1.55. The lowest BCUT2D eigenvalue weighted by atomic mass is 10.1. The smallest absolute Gasteiger partial charge is 0.305 e. The first-order valence-corrected chi connectivity index (χ1v) is 5.95. The zero-order valence-corrected chi connectivity index (χ0v) is 10.5. The molecule has 0 amide bonds. The van der Waals surface area contributed by atoms with Crippen molar-refractivity contribution < 1.29 is 14.6 Å². The summed E-state index contributed by atoms with van der Waals surface area (Å²) in [5.74, 6) is 0.803. The maximum Gasteiger partial charge on any atom is 0.305 e. The van der Waals surface area contributed by atoms with E-state index >= 15 is 0 Å². The lowest BCUT2D eigenvalue weighted by Gasteiger charge is -2.18. The quantitative estimate of drug-likeness (QED) is 0.796. The topological polar surface area (TPSA) is 84.3 Å². The summed E-state index contributed by atoms with van der Waals surface area (Å²) in [5, 5.41) is 12.1. The van der Waals surface area contributed by atoms with Gasteiger partial charge in [0.15, 0.2) is 0 Å². The monoisotopic (exact) mass is 251 g/mol. The van der Waals surface area contributed by atoms with Crippen LogP contribution in [0, 0.1) is 12.8 Å². The maximum atomic E-state index is 10.8. The minimum atomic E-state index is -0.793. The van der Waals surface area contributed by atoms with Crippen LogP contribution < -0.4 is 10.1 Å². The van der Waals surface area contributed by atoms with Gasteiger partial charge in [0.25, 0.3) is 0 Å². The van der Waals surface area contributed by atoms with E-state index in [0.717, 1.165) is 18.4 Å². The van der Waals surface area contributed by atoms with E-state index in [1.165, 1.54) is 6.33 Å². The minimum absolute atomic E-state index is 0.0687. The summed E-state index contributed by atoms with van der Waals surface area (Å²) >= 11 is 0. The van der Waals surface area contributed by atoms with Crippen molar-refractivity contribution in [3.8, 4) is 5.88 Å². The summed E-state index contributed by atoms with van der Waals surface area (Å²) in [4.78, 5) is 19.0. The SMILES string of the molecule is COc1ncnc(NC(CC(=O)O)C2CC2)c1C. The highest BCUT2D eigenvalue weighted by molar-refractivity contribution is 5.68. The van der Waals surface area contributed by atoms with Crippen molar-refractivity contribution in [2.24, 2.45) is 5.92 Å². The molecule has 1 aromatic rings. The van der Waals surface area contributed by atoms with Crippen molar-refractivity contribution in [3.05, 3.63) is 11.9 Å². The summed E-state index contributed by atoms with van der Waals surface area (Å²) in [5.41, 5.74) is 0.802. The van der Waals surface area contributed by atoms with Gasteiger partial charge in [0.2, 0.25) is 5.88 Å². The van der Waals surface area contributed by atoms with Gasteiger partial charge in [-0.1, -0.05) is 0 Å². The molecule has 1 atom stereocenters. The molecule has 1 aromatic heterocycles. The number of carboxylic acids is 1. The molecule has 98 valence electrons. The standard InChI is InChI=1S/C12H17N3O3/c1-7-11(13-6-14-12(7)18-2)15-9(5-10(16)17)8-3-4-8/h6,8-9H,3-5H2,1-2H3,(H,16,17)(H,13,14,15). The average molecular weight is 251 g/mol. The molecule has 2 rings (SSSR count). The number of nitrogens with zero attached hydrogens (tertiary/aromatic N) is 2. The van der Waals surface area contributed by atoms with Crippen molar-refractivity contribution in [2.45, 2.75) is 32.2 Å². The number of anilines is 1. The van der Waals surface area contributed by atoms with Gasteiger partial charge in [-0.05, 0) is 25.7 Å². The van der Waals surface area contributed by atoms with E-state index in [4.69, 9.17) is 9.84 Å². The molecule has 2 N–H and O–H groups in total. The van der Waals surface area contributed by atoms with E-state index in [9.17, 15) is 4.79 Å². The number of carbonyl (C=O) groups is 1. The molecule has 1 aliphatic rings. The lowest BCUT2D eigenvalue weighted by molar-refractivity contribution is -0.137. The number of methoxy groups -OCH3 is 1. The Morgan fingerprint density at radius 2 is 2.33 bits per heavy atom. The third kappa shape index (κ3) is 2.88. The van der Waals surface area contributed by atoms with Crippen LogP contribution in [0.5, 0.6) is 5.88 Å². The van der Waals surface area contributed by atoms with Gasteiger partial charge in [0.1, 0.15) is 12.1 Å². The Hall–Kier alpha value is -1.85. The predicted octanol–water partition coefficient (Wildman–Crippen LogP) is 1.46. The Balaban J connectivity index is 2.13. The van der Waals surface area contributed by atoms with Crippen LogP contribution in [0.15, 0.2) is 6.33 Å². The molecule has 1 heterocycles. The van der Waals surface area contributed by atoms with Crippen LogP contribution in [-0.4, -0.2) is 34.2 Å². The van der Waals surface area contributed by atoms with Crippen molar-refractivity contribution in [2.75, 3.05) is 12.4 Å².